The first-order valence-electron chi connectivity index (χ1n) is 8.40. The van der Waals surface area contributed by atoms with Gasteiger partial charge in [0.1, 0.15) is 5.82 Å². The van der Waals surface area contributed by atoms with Crippen LogP contribution in [0.2, 0.25) is 0 Å². The normalized spacial score (nSPS) is 15.8. The molecule has 3 aromatic rings. The van der Waals surface area contributed by atoms with Gasteiger partial charge in [0.05, 0.1) is 10.6 Å². The summed E-state index contributed by atoms with van der Waals surface area (Å²) in [7, 11) is -3.65. The summed E-state index contributed by atoms with van der Waals surface area (Å²) in [5, 5.41) is 11.9. The van der Waals surface area contributed by atoms with Crippen molar-refractivity contribution >= 4 is 16.0 Å². The fourth-order valence-corrected chi connectivity index (χ4v) is 4.42. The molecule has 2 heterocycles. The van der Waals surface area contributed by atoms with Crippen LogP contribution in [-0.2, 0) is 10.0 Å². The fraction of sp³-hybridized carbons (Fsp3) is 0.235. The number of rotatable bonds is 4. The zero-order chi connectivity index (χ0) is 18.9. The first-order valence-corrected chi connectivity index (χ1v) is 9.84. The first kappa shape index (κ1) is 17.6. The van der Waals surface area contributed by atoms with Gasteiger partial charge in [-0.15, -0.1) is 0 Å². The van der Waals surface area contributed by atoms with Crippen molar-refractivity contribution in [2.45, 2.75) is 4.90 Å². The molecule has 1 fully saturated rings. The molecule has 1 aliphatic heterocycles. The molecule has 1 aromatic heterocycles. The Labute approximate surface area is 155 Å². The van der Waals surface area contributed by atoms with Crippen molar-refractivity contribution in [2.75, 3.05) is 31.1 Å². The Morgan fingerprint density at radius 2 is 1.56 bits per heavy atom. The predicted octanol–water partition coefficient (Wildman–Crippen LogP) is 1.31. The standard InChI is InChI=1S/C17H17FN6O2S/c18-14-6-8-16(9-7-14)27(25,26)23-12-10-22(11-13-23)17-19-20-21-24(17)15-4-2-1-3-5-15/h1-9H,10-13H2. The largest absolute Gasteiger partial charge is 0.337 e. The molecule has 0 radical (unpaired) electrons. The molecule has 0 aliphatic carbocycles. The van der Waals surface area contributed by atoms with Crippen LogP contribution < -0.4 is 4.90 Å². The highest BCUT2D eigenvalue weighted by Gasteiger charge is 2.30. The molecule has 10 heteroatoms. The highest BCUT2D eigenvalue weighted by Crippen LogP contribution is 2.21. The van der Waals surface area contributed by atoms with E-state index in [4.69, 9.17) is 0 Å². The molecule has 1 saturated heterocycles. The maximum atomic E-state index is 13.1. The van der Waals surface area contributed by atoms with Crippen molar-refractivity contribution in [3.8, 4) is 5.69 Å². The van der Waals surface area contributed by atoms with Crippen molar-refractivity contribution in [3.05, 3.63) is 60.4 Å². The van der Waals surface area contributed by atoms with E-state index >= 15 is 0 Å². The van der Waals surface area contributed by atoms with E-state index in [-0.39, 0.29) is 4.90 Å². The third-order valence-corrected chi connectivity index (χ3v) is 6.34. The van der Waals surface area contributed by atoms with Gasteiger partial charge >= 0.3 is 0 Å². The summed E-state index contributed by atoms with van der Waals surface area (Å²) in [6.45, 7) is 1.49. The molecular weight excluding hydrogens is 371 g/mol. The lowest BCUT2D eigenvalue weighted by Crippen LogP contribution is -2.49. The molecule has 27 heavy (non-hydrogen) atoms. The van der Waals surface area contributed by atoms with E-state index in [1.165, 1.54) is 16.4 Å². The first-order chi connectivity index (χ1) is 13.1. The van der Waals surface area contributed by atoms with Gasteiger partial charge < -0.3 is 4.90 Å². The Morgan fingerprint density at radius 3 is 2.22 bits per heavy atom. The monoisotopic (exact) mass is 388 g/mol. The van der Waals surface area contributed by atoms with Crippen LogP contribution in [0.5, 0.6) is 0 Å². The Hall–Kier alpha value is -2.85. The minimum Gasteiger partial charge on any atom is -0.337 e. The molecule has 140 valence electrons. The van der Waals surface area contributed by atoms with Crippen LogP contribution in [0, 0.1) is 5.82 Å². The maximum absolute atomic E-state index is 13.1. The lowest BCUT2D eigenvalue weighted by Gasteiger charge is -2.34. The summed E-state index contributed by atoms with van der Waals surface area (Å²) >= 11 is 0. The highest BCUT2D eigenvalue weighted by atomic mass is 32.2. The van der Waals surface area contributed by atoms with Gasteiger partial charge in [-0.3, -0.25) is 0 Å². The highest BCUT2D eigenvalue weighted by molar-refractivity contribution is 7.89. The van der Waals surface area contributed by atoms with Gasteiger partial charge in [0, 0.05) is 26.2 Å². The van der Waals surface area contributed by atoms with Crippen LogP contribution in [0.3, 0.4) is 0 Å². The lowest BCUT2D eigenvalue weighted by atomic mass is 10.3. The van der Waals surface area contributed by atoms with Crippen molar-refractivity contribution in [1.82, 2.24) is 24.5 Å². The molecule has 0 N–H and O–H groups in total. The van der Waals surface area contributed by atoms with Crippen molar-refractivity contribution in [3.63, 3.8) is 0 Å². The number of hydrogen-bond donors (Lipinski definition) is 0. The van der Waals surface area contributed by atoms with Gasteiger partial charge in [-0.1, -0.05) is 23.3 Å². The third kappa shape index (κ3) is 3.40. The minimum absolute atomic E-state index is 0.0893. The maximum Gasteiger partial charge on any atom is 0.250 e. The fourth-order valence-electron chi connectivity index (χ4n) is 3.00. The van der Waals surface area contributed by atoms with E-state index in [9.17, 15) is 12.8 Å². The van der Waals surface area contributed by atoms with Gasteiger partial charge in [0.25, 0.3) is 0 Å². The summed E-state index contributed by atoms with van der Waals surface area (Å²) in [5.41, 5.74) is 0.832. The minimum atomic E-state index is -3.65. The number of nitrogens with zero attached hydrogens (tertiary/aromatic N) is 6. The number of para-hydroxylation sites is 1. The Bertz CT molecular complexity index is 1020. The topological polar surface area (TPSA) is 84.2 Å². The molecule has 1 aliphatic rings. The Balaban J connectivity index is 1.50. The molecule has 4 rings (SSSR count). The zero-order valence-corrected chi connectivity index (χ0v) is 15.1. The number of benzene rings is 2. The molecule has 0 amide bonds. The molecule has 0 bridgehead atoms. The second-order valence-corrected chi connectivity index (χ2v) is 8.01. The van der Waals surface area contributed by atoms with E-state index in [2.05, 4.69) is 15.5 Å². The van der Waals surface area contributed by atoms with Gasteiger partial charge in [-0.05, 0) is 46.8 Å². The number of tetrazole rings is 1. The quantitative estimate of drug-likeness (QED) is 0.670. The van der Waals surface area contributed by atoms with E-state index in [1.807, 2.05) is 35.2 Å². The van der Waals surface area contributed by atoms with Gasteiger partial charge in [-0.2, -0.15) is 8.99 Å². The Kier molecular flexibility index (Phi) is 4.58. The van der Waals surface area contributed by atoms with Crippen LogP contribution in [0.4, 0.5) is 10.3 Å². The SMILES string of the molecule is O=S(=O)(c1ccc(F)cc1)N1CCN(c2nnnn2-c2ccccc2)CC1. The van der Waals surface area contributed by atoms with Gasteiger partial charge in [-0.25, -0.2) is 12.8 Å². The van der Waals surface area contributed by atoms with E-state index in [0.717, 1.165) is 17.8 Å². The summed E-state index contributed by atoms with van der Waals surface area (Å²) in [6, 6.07) is 14.4. The van der Waals surface area contributed by atoms with Gasteiger partial charge in [0.15, 0.2) is 0 Å². The molecule has 0 spiro atoms. The zero-order valence-electron chi connectivity index (χ0n) is 14.3. The Morgan fingerprint density at radius 1 is 0.889 bits per heavy atom. The smallest absolute Gasteiger partial charge is 0.250 e. The summed E-state index contributed by atoms with van der Waals surface area (Å²) in [6.07, 6.45) is 0. The number of aromatic nitrogens is 4. The third-order valence-electron chi connectivity index (χ3n) is 4.43. The average Bonchev–Trinajstić information content (AvgIpc) is 3.19. The van der Waals surface area contributed by atoms with Crippen molar-refractivity contribution < 1.29 is 12.8 Å². The lowest BCUT2D eigenvalue weighted by molar-refractivity contribution is 0.381. The van der Waals surface area contributed by atoms with Crippen LogP contribution in [0.1, 0.15) is 0 Å². The molecule has 8 nitrogen and oxygen atoms in total. The van der Waals surface area contributed by atoms with E-state index < -0.39 is 15.8 Å². The van der Waals surface area contributed by atoms with Gasteiger partial charge in [0.2, 0.25) is 16.0 Å². The summed E-state index contributed by atoms with van der Waals surface area (Å²) in [5.74, 6) is 0.103. The van der Waals surface area contributed by atoms with Crippen LogP contribution >= 0.6 is 0 Å². The second kappa shape index (κ2) is 7.05. The molecule has 2 aromatic carbocycles. The number of sulfonamides is 1. The van der Waals surface area contributed by atoms with Crippen molar-refractivity contribution in [2.24, 2.45) is 0 Å². The summed E-state index contributed by atoms with van der Waals surface area (Å²) < 4.78 is 41.5. The van der Waals surface area contributed by atoms with E-state index in [1.54, 1.807) is 4.68 Å². The molecule has 0 atom stereocenters. The molecule has 0 unspecified atom stereocenters. The summed E-state index contributed by atoms with van der Waals surface area (Å²) in [4.78, 5) is 2.04. The van der Waals surface area contributed by atoms with Crippen molar-refractivity contribution in [1.29, 1.82) is 0 Å². The predicted molar refractivity (Wildman–Crippen MR) is 96.5 cm³/mol. The number of hydrogen-bond acceptors (Lipinski definition) is 6. The number of anilines is 1. The second-order valence-electron chi connectivity index (χ2n) is 6.07. The average molecular weight is 388 g/mol. The number of halogens is 1. The molecular formula is C17H17FN6O2S. The molecule has 0 saturated carbocycles. The number of piperazine rings is 1. The van der Waals surface area contributed by atoms with Crippen LogP contribution in [0.15, 0.2) is 59.5 Å². The van der Waals surface area contributed by atoms with Crippen LogP contribution in [-0.4, -0.2) is 59.1 Å². The van der Waals surface area contributed by atoms with E-state index in [0.29, 0.717) is 32.1 Å². The van der Waals surface area contributed by atoms with Crippen LogP contribution in [0.25, 0.3) is 5.69 Å².